The van der Waals surface area contributed by atoms with Crippen molar-refractivity contribution >= 4 is 17.4 Å². The van der Waals surface area contributed by atoms with E-state index in [0.29, 0.717) is 17.4 Å². The van der Waals surface area contributed by atoms with Crippen LogP contribution in [0.4, 0.5) is 11.5 Å². The van der Waals surface area contributed by atoms with Crippen LogP contribution in [0.1, 0.15) is 6.92 Å². The molecule has 0 spiro atoms. The number of hydrogen-bond acceptors (Lipinski definition) is 3. The van der Waals surface area contributed by atoms with Crippen molar-refractivity contribution in [3.8, 4) is 5.88 Å². The summed E-state index contributed by atoms with van der Waals surface area (Å²) in [4.78, 5) is 11.2. The van der Waals surface area contributed by atoms with Gasteiger partial charge in [-0.1, -0.05) is 0 Å². The average Bonchev–Trinajstić information content (AvgIpc) is 2.32. The maximum Gasteiger partial charge on any atom is 0.265 e. The summed E-state index contributed by atoms with van der Waals surface area (Å²) in [6.07, 6.45) is -0.458. The minimum absolute atomic E-state index is 0.141. The Hall–Kier alpha value is -1.65. The summed E-state index contributed by atoms with van der Waals surface area (Å²) in [5, 5.41) is 2.71. The van der Waals surface area contributed by atoms with Gasteiger partial charge in [-0.25, -0.2) is 0 Å². The number of nitrogens with one attached hydrogen (secondary N) is 1. The van der Waals surface area contributed by atoms with Gasteiger partial charge in [-0.05, 0) is 6.92 Å². The van der Waals surface area contributed by atoms with E-state index in [2.05, 4.69) is 5.32 Å². The third kappa shape index (κ3) is 1.04. The van der Waals surface area contributed by atoms with Crippen LogP contribution in [-0.4, -0.2) is 16.6 Å². The van der Waals surface area contributed by atoms with Gasteiger partial charge in [-0.15, -0.1) is 0 Å². The molecule has 0 saturated heterocycles. The molecule has 13 heavy (non-hydrogen) atoms. The van der Waals surface area contributed by atoms with Crippen molar-refractivity contribution < 1.29 is 9.53 Å². The smallest absolute Gasteiger partial charge is 0.265 e. The van der Waals surface area contributed by atoms with Crippen molar-refractivity contribution in [3.05, 3.63) is 6.07 Å². The topological polar surface area (TPSA) is 69.3 Å². The Morgan fingerprint density at radius 2 is 2.38 bits per heavy atom. The summed E-state index contributed by atoms with van der Waals surface area (Å²) in [6, 6.07) is 1.68. The Bertz CT molecular complexity index is 370. The molecule has 5 nitrogen and oxygen atoms in total. The Morgan fingerprint density at radius 1 is 1.69 bits per heavy atom. The number of carbonyl (C=O) groups is 1. The van der Waals surface area contributed by atoms with Gasteiger partial charge in [0.25, 0.3) is 5.91 Å². The molecule has 1 aliphatic heterocycles. The lowest BCUT2D eigenvalue weighted by atomic mass is 10.3. The Kier molecular flexibility index (Phi) is 1.48. The lowest BCUT2D eigenvalue weighted by molar-refractivity contribution is -0.122. The highest BCUT2D eigenvalue weighted by Crippen LogP contribution is 2.33. The number of nitrogens with two attached hydrogens (primary N) is 1. The Morgan fingerprint density at radius 3 is 3.08 bits per heavy atom. The van der Waals surface area contributed by atoms with Crippen LogP contribution in [0, 0.1) is 0 Å². The zero-order chi connectivity index (χ0) is 9.59. The molecule has 3 N–H and O–H groups in total. The van der Waals surface area contributed by atoms with Crippen LogP contribution in [0.2, 0.25) is 0 Å². The van der Waals surface area contributed by atoms with E-state index < -0.39 is 6.10 Å². The molecule has 1 amide bonds. The minimum atomic E-state index is -0.458. The molecule has 1 aromatic heterocycles. The Balaban J connectivity index is 2.48. The van der Waals surface area contributed by atoms with Crippen molar-refractivity contribution in [3.63, 3.8) is 0 Å². The zero-order valence-electron chi connectivity index (χ0n) is 7.50. The predicted octanol–water partition coefficient (Wildman–Crippen LogP) is 0.327. The van der Waals surface area contributed by atoms with Crippen molar-refractivity contribution in [2.45, 2.75) is 13.0 Å². The van der Waals surface area contributed by atoms with Gasteiger partial charge in [-0.2, -0.15) is 0 Å². The lowest BCUT2D eigenvalue weighted by Crippen LogP contribution is -2.34. The summed E-state index contributed by atoms with van der Waals surface area (Å²) < 4.78 is 7.07. The average molecular weight is 181 g/mol. The van der Waals surface area contributed by atoms with Crippen LogP contribution >= 0.6 is 0 Å². The van der Waals surface area contributed by atoms with E-state index in [0.717, 1.165) is 0 Å². The number of fused-ring (bicyclic) bond motifs is 1. The van der Waals surface area contributed by atoms with Crippen LogP contribution in [0.15, 0.2) is 6.07 Å². The molecule has 1 aliphatic rings. The highest BCUT2D eigenvalue weighted by Gasteiger charge is 2.26. The first-order chi connectivity index (χ1) is 6.09. The van der Waals surface area contributed by atoms with Crippen LogP contribution in [0.5, 0.6) is 5.88 Å². The summed E-state index contributed by atoms with van der Waals surface area (Å²) in [6.45, 7) is 1.70. The normalized spacial score (nSPS) is 20.5. The molecule has 0 fully saturated rings. The van der Waals surface area contributed by atoms with Crippen LogP contribution in [0.3, 0.4) is 0 Å². The second-order valence-electron chi connectivity index (χ2n) is 3.10. The number of nitrogen functional groups attached to an aromatic ring is 1. The van der Waals surface area contributed by atoms with E-state index in [1.54, 1.807) is 24.6 Å². The van der Waals surface area contributed by atoms with Gasteiger partial charge in [0.05, 0.1) is 0 Å². The molecule has 1 atom stereocenters. The van der Waals surface area contributed by atoms with Gasteiger partial charge in [-0.3, -0.25) is 4.79 Å². The molecule has 1 unspecified atom stereocenters. The number of anilines is 2. The van der Waals surface area contributed by atoms with Gasteiger partial charge in [0.15, 0.2) is 6.10 Å². The van der Waals surface area contributed by atoms with E-state index in [-0.39, 0.29) is 5.91 Å². The highest BCUT2D eigenvalue weighted by atomic mass is 16.5. The van der Waals surface area contributed by atoms with Gasteiger partial charge in [0.2, 0.25) is 5.88 Å². The second-order valence-corrected chi connectivity index (χ2v) is 3.10. The lowest BCUT2D eigenvalue weighted by Gasteiger charge is -2.21. The maximum absolute atomic E-state index is 11.2. The first-order valence-corrected chi connectivity index (χ1v) is 4.02. The number of ether oxygens (including phenoxy) is 1. The van der Waals surface area contributed by atoms with E-state index in [4.69, 9.17) is 10.5 Å². The number of rotatable bonds is 0. The number of amides is 1. The summed E-state index contributed by atoms with van der Waals surface area (Å²) in [5.74, 6) is 1.04. The van der Waals surface area contributed by atoms with Crippen LogP contribution in [-0.2, 0) is 11.8 Å². The van der Waals surface area contributed by atoms with Crippen molar-refractivity contribution in [2.24, 2.45) is 7.05 Å². The molecule has 5 heteroatoms. The molecule has 0 saturated carbocycles. The fourth-order valence-electron chi connectivity index (χ4n) is 1.29. The molecular weight excluding hydrogens is 170 g/mol. The van der Waals surface area contributed by atoms with E-state index in [9.17, 15) is 4.79 Å². The number of hydrogen-bond donors (Lipinski definition) is 2. The zero-order valence-corrected chi connectivity index (χ0v) is 7.50. The van der Waals surface area contributed by atoms with Crippen LogP contribution < -0.4 is 15.8 Å². The summed E-state index contributed by atoms with van der Waals surface area (Å²) in [7, 11) is 1.79. The number of carbonyl (C=O) groups excluding carboxylic acids is 1. The van der Waals surface area contributed by atoms with Gasteiger partial charge in [0, 0.05) is 13.1 Å². The minimum Gasteiger partial charge on any atom is -0.464 e. The number of nitrogens with zero attached hydrogens (tertiary/aromatic N) is 1. The van der Waals surface area contributed by atoms with E-state index in [1.165, 1.54) is 0 Å². The van der Waals surface area contributed by atoms with E-state index in [1.807, 2.05) is 0 Å². The molecule has 0 aliphatic carbocycles. The number of aromatic nitrogens is 1. The second kappa shape index (κ2) is 2.42. The standard InChI is InChI=1S/C8H11N3O2/c1-4-7(12)10-5-3-6(9)11(2)8(5)13-4/h3-4H,9H2,1-2H3,(H,10,12). The van der Waals surface area contributed by atoms with Crippen molar-refractivity contribution in [2.75, 3.05) is 11.1 Å². The third-order valence-electron chi connectivity index (χ3n) is 2.13. The molecule has 2 heterocycles. The Labute approximate surface area is 75.5 Å². The predicted molar refractivity (Wildman–Crippen MR) is 48.5 cm³/mol. The molecule has 2 rings (SSSR count). The molecule has 0 bridgehead atoms. The van der Waals surface area contributed by atoms with Crippen LogP contribution in [0.25, 0.3) is 0 Å². The summed E-state index contributed by atoms with van der Waals surface area (Å²) in [5.41, 5.74) is 6.28. The molecule has 1 aromatic rings. The van der Waals surface area contributed by atoms with E-state index >= 15 is 0 Å². The quantitative estimate of drug-likeness (QED) is 0.605. The van der Waals surface area contributed by atoms with Gasteiger partial charge in [0.1, 0.15) is 11.5 Å². The van der Waals surface area contributed by atoms with Crippen molar-refractivity contribution in [1.29, 1.82) is 0 Å². The summed E-state index contributed by atoms with van der Waals surface area (Å²) >= 11 is 0. The molecule has 0 radical (unpaired) electrons. The molecule has 70 valence electrons. The van der Waals surface area contributed by atoms with Gasteiger partial charge >= 0.3 is 0 Å². The van der Waals surface area contributed by atoms with Gasteiger partial charge < -0.3 is 20.4 Å². The maximum atomic E-state index is 11.2. The molecular formula is C8H11N3O2. The first kappa shape index (κ1) is 7.97. The monoisotopic (exact) mass is 181 g/mol. The van der Waals surface area contributed by atoms with Crippen molar-refractivity contribution in [1.82, 2.24) is 4.57 Å². The largest absolute Gasteiger partial charge is 0.464 e. The fraction of sp³-hybridized carbons (Fsp3) is 0.375. The molecule has 0 aromatic carbocycles. The SMILES string of the molecule is CC1Oc2c(cc(N)n2C)NC1=O. The third-order valence-corrected chi connectivity index (χ3v) is 2.13. The highest BCUT2D eigenvalue weighted by molar-refractivity contribution is 5.97. The first-order valence-electron chi connectivity index (χ1n) is 4.02. The fourth-order valence-corrected chi connectivity index (χ4v) is 1.29.